The van der Waals surface area contributed by atoms with Gasteiger partial charge in [-0.05, 0) is 18.2 Å². The number of carbonyl (C=O) groups is 1. The Balaban J connectivity index is 2.93. The lowest BCUT2D eigenvalue weighted by Gasteiger charge is -2.04. The van der Waals surface area contributed by atoms with Crippen LogP contribution in [0.2, 0.25) is 0 Å². The molecule has 1 aromatic rings. The number of benzene rings is 1. The van der Waals surface area contributed by atoms with Crippen molar-refractivity contribution in [2.45, 2.75) is 0 Å². The van der Waals surface area contributed by atoms with Crippen molar-refractivity contribution in [1.82, 2.24) is 0 Å². The zero-order valence-corrected chi connectivity index (χ0v) is 8.24. The maximum absolute atomic E-state index is 10.6. The van der Waals surface area contributed by atoms with Gasteiger partial charge in [-0.2, -0.15) is 5.26 Å². The number of hydrogen-bond acceptors (Lipinski definition) is 3. The number of aldehydes is 1. The second-order valence-corrected chi connectivity index (χ2v) is 3.16. The minimum atomic E-state index is -0.0531. The van der Waals surface area contributed by atoms with Gasteiger partial charge < -0.3 is 4.74 Å². The average Bonchev–Trinajstić information content (AvgIpc) is 2.16. The highest BCUT2D eigenvalue weighted by Crippen LogP contribution is 2.21. The fourth-order valence-corrected chi connectivity index (χ4v) is 1.23. The molecule has 0 unspecified atom stereocenters. The van der Waals surface area contributed by atoms with Gasteiger partial charge in [0.1, 0.15) is 11.8 Å². The number of rotatable bonds is 3. The number of nitrogens with zero attached hydrogens (tertiary/aromatic N) is 1. The summed E-state index contributed by atoms with van der Waals surface area (Å²) in [5.74, 6) is 0.430. The first-order valence-corrected chi connectivity index (χ1v) is 4.31. The minimum Gasteiger partial charge on any atom is -0.478 e. The first kappa shape index (κ1) is 9.75. The molecule has 0 aliphatic carbocycles. The molecule has 3 nitrogen and oxygen atoms in total. The molecule has 0 aromatic heterocycles. The largest absolute Gasteiger partial charge is 0.478 e. The molecule has 0 N–H and O–H groups in total. The van der Waals surface area contributed by atoms with E-state index in [1.54, 1.807) is 18.2 Å². The Morgan fingerprint density at radius 3 is 3.00 bits per heavy atom. The normalized spacial score (nSPS) is 8.92. The van der Waals surface area contributed by atoms with Crippen molar-refractivity contribution in [3.8, 4) is 11.8 Å². The smallest absolute Gasteiger partial charge is 0.174 e. The summed E-state index contributed by atoms with van der Waals surface area (Å²) >= 11 is 3.23. The molecule has 0 amide bonds. The molecule has 1 aromatic carbocycles. The van der Waals surface area contributed by atoms with Crippen molar-refractivity contribution in [3.63, 3.8) is 0 Å². The van der Waals surface area contributed by atoms with Crippen LogP contribution in [0.1, 0.15) is 10.4 Å². The maximum atomic E-state index is 10.6. The van der Waals surface area contributed by atoms with Gasteiger partial charge in [-0.15, -0.1) is 0 Å². The maximum Gasteiger partial charge on any atom is 0.174 e. The van der Waals surface area contributed by atoms with Gasteiger partial charge in [-0.25, -0.2) is 0 Å². The van der Waals surface area contributed by atoms with Crippen molar-refractivity contribution in [2.75, 3.05) is 6.61 Å². The summed E-state index contributed by atoms with van der Waals surface area (Å²) in [5.41, 5.74) is 0.435. The molecule has 0 bridgehead atoms. The molecule has 0 saturated carbocycles. The third kappa shape index (κ3) is 2.56. The van der Waals surface area contributed by atoms with E-state index < -0.39 is 0 Å². The van der Waals surface area contributed by atoms with Gasteiger partial charge >= 0.3 is 0 Å². The van der Waals surface area contributed by atoms with Gasteiger partial charge in [0.25, 0.3) is 0 Å². The quantitative estimate of drug-likeness (QED) is 0.760. The second-order valence-electron chi connectivity index (χ2n) is 2.25. The molecule has 0 heterocycles. The molecule has 0 atom stereocenters. The van der Waals surface area contributed by atoms with Gasteiger partial charge in [0.15, 0.2) is 12.9 Å². The highest BCUT2D eigenvalue weighted by Gasteiger charge is 2.02. The molecular formula is C9H6BrNO2. The highest BCUT2D eigenvalue weighted by atomic mass is 79.9. The first-order valence-electron chi connectivity index (χ1n) is 3.52. The summed E-state index contributed by atoms with van der Waals surface area (Å²) in [4.78, 5) is 10.6. The van der Waals surface area contributed by atoms with E-state index >= 15 is 0 Å². The van der Waals surface area contributed by atoms with Crippen LogP contribution in [-0.4, -0.2) is 12.9 Å². The number of hydrogen-bond donors (Lipinski definition) is 0. The monoisotopic (exact) mass is 239 g/mol. The van der Waals surface area contributed by atoms with Crippen molar-refractivity contribution in [1.29, 1.82) is 5.26 Å². The molecule has 0 aliphatic rings. The number of ether oxygens (including phenoxy) is 1. The van der Waals surface area contributed by atoms with Crippen molar-refractivity contribution >= 4 is 22.2 Å². The molecule has 0 spiro atoms. The molecular weight excluding hydrogens is 234 g/mol. The molecule has 0 fully saturated rings. The molecule has 0 saturated heterocycles. The van der Waals surface area contributed by atoms with Crippen LogP contribution in [0.25, 0.3) is 0 Å². The zero-order chi connectivity index (χ0) is 9.68. The zero-order valence-electron chi connectivity index (χ0n) is 6.66. The molecule has 13 heavy (non-hydrogen) atoms. The molecule has 66 valence electrons. The Kier molecular flexibility index (Phi) is 3.47. The van der Waals surface area contributed by atoms with Gasteiger partial charge in [0.2, 0.25) is 0 Å². The lowest BCUT2D eigenvalue weighted by atomic mass is 10.2. The van der Waals surface area contributed by atoms with E-state index in [2.05, 4.69) is 15.9 Å². The van der Waals surface area contributed by atoms with Gasteiger partial charge in [-0.1, -0.05) is 15.9 Å². The van der Waals surface area contributed by atoms with Crippen LogP contribution < -0.4 is 4.74 Å². The first-order chi connectivity index (χ1) is 6.27. The summed E-state index contributed by atoms with van der Waals surface area (Å²) in [5, 5.41) is 8.27. The van der Waals surface area contributed by atoms with Crippen LogP contribution in [0.3, 0.4) is 0 Å². The van der Waals surface area contributed by atoms with Crippen LogP contribution in [0.4, 0.5) is 0 Å². The fraction of sp³-hybridized carbons (Fsp3) is 0.111. The van der Waals surface area contributed by atoms with E-state index in [9.17, 15) is 4.79 Å². The van der Waals surface area contributed by atoms with Crippen molar-refractivity contribution < 1.29 is 9.53 Å². The summed E-state index contributed by atoms with van der Waals surface area (Å²) in [6.45, 7) is -0.0531. The third-order valence-electron chi connectivity index (χ3n) is 1.39. The lowest BCUT2D eigenvalue weighted by Crippen LogP contribution is -1.96. The molecule has 0 aliphatic heterocycles. The van der Waals surface area contributed by atoms with Crippen LogP contribution in [-0.2, 0) is 0 Å². The van der Waals surface area contributed by atoms with E-state index in [4.69, 9.17) is 10.00 Å². The second kappa shape index (κ2) is 4.63. The number of carbonyl (C=O) groups excluding carboxylic acids is 1. The number of halogens is 1. The summed E-state index contributed by atoms with van der Waals surface area (Å²) in [6.07, 6.45) is 0.692. The standard InChI is InChI=1S/C9H6BrNO2/c10-8-1-2-9(13-4-3-11)7(5-8)6-12/h1-2,5-6H,4H2. The SMILES string of the molecule is N#CCOc1ccc(Br)cc1C=O. The van der Waals surface area contributed by atoms with Crippen LogP contribution >= 0.6 is 15.9 Å². The van der Waals surface area contributed by atoms with Crippen molar-refractivity contribution in [3.05, 3.63) is 28.2 Å². The van der Waals surface area contributed by atoms with Gasteiger partial charge in [0, 0.05) is 4.47 Å². The third-order valence-corrected chi connectivity index (χ3v) is 1.88. The van der Waals surface area contributed by atoms with E-state index in [0.717, 1.165) is 4.47 Å². The predicted molar refractivity (Wildman–Crippen MR) is 50.6 cm³/mol. The topological polar surface area (TPSA) is 50.1 Å². The minimum absolute atomic E-state index is 0.0531. The highest BCUT2D eigenvalue weighted by molar-refractivity contribution is 9.10. The average molecular weight is 240 g/mol. The Labute approximate surface area is 84.1 Å². The molecule has 4 heteroatoms. The fourth-order valence-electron chi connectivity index (χ4n) is 0.853. The molecule has 1 rings (SSSR count). The van der Waals surface area contributed by atoms with E-state index in [1.807, 2.05) is 6.07 Å². The van der Waals surface area contributed by atoms with Gasteiger partial charge in [0.05, 0.1) is 5.56 Å². The summed E-state index contributed by atoms with van der Waals surface area (Å²) < 4.78 is 5.82. The Hall–Kier alpha value is -1.34. The summed E-state index contributed by atoms with van der Waals surface area (Å²) in [7, 11) is 0. The van der Waals surface area contributed by atoms with Gasteiger partial charge in [-0.3, -0.25) is 4.79 Å². The van der Waals surface area contributed by atoms with E-state index in [0.29, 0.717) is 17.6 Å². The summed E-state index contributed by atoms with van der Waals surface area (Å²) in [6, 6.07) is 6.86. The van der Waals surface area contributed by atoms with E-state index in [-0.39, 0.29) is 6.61 Å². The van der Waals surface area contributed by atoms with Crippen LogP contribution in [0.15, 0.2) is 22.7 Å². The van der Waals surface area contributed by atoms with Crippen LogP contribution in [0.5, 0.6) is 5.75 Å². The van der Waals surface area contributed by atoms with Crippen LogP contribution in [0, 0.1) is 11.3 Å². The predicted octanol–water partition coefficient (Wildman–Crippen LogP) is 2.16. The Morgan fingerprint density at radius 1 is 1.62 bits per heavy atom. The Morgan fingerprint density at radius 2 is 2.38 bits per heavy atom. The lowest BCUT2D eigenvalue weighted by molar-refractivity contribution is 0.112. The molecule has 0 radical (unpaired) electrons. The number of nitriles is 1. The Bertz CT molecular complexity index is 357. The van der Waals surface area contributed by atoms with Crippen molar-refractivity contribution in [2.24, 2.45) is 0 Å². The van der Waals surface area contributed by atoms with E-state index in [1.165, 1.54) is 0 Å².